The average molecular weight is 128 g/mol. The summed E-state index contributed by atoms with van der Waals surface area (Å²) in [4.78, 5) is 10.3. The van der Waals surface area contributed by atoms with Crippen LogP contribution < -0.4 is 11.1 Å². The van der Waals surface area contributed by atoms with E-state index in [4.69, 9.17) is 5.73 Å². The Bertz CT molecular complexity index is 108. The van der Waals surface area contributed by atoms with Crippen LogP contribution in [0.1, 0.15) is 19.3 Å². The molecule has 1 fully saturated rings. The molecule has 0 unspecified atom stereocenters. The first-order valence-corrected chi connectivity index (χ1v) is 3.31. The van der Waals surface area contributed by atoms with Crippen LogP contribution in [-0.2, 0) is 4.79 Å². The van der Waals surface area contributed by atoms with Gasteiger partial charge in [-0.3, -0.25) is 4.79 Å². The summed E-state index contributed by atoms with van der Waals surface area (Å²) < 4.78 is 0. The number of nitrogens with two attached hydrogens (primary N) is 1. The summed E-state index contributed by atoms with van der Waals surface area (Å²) in [6.07, 6.45) is 2.78. The standard InChI is InChI=1S/C6H12N2O/c7-6(9)4-5-2-1-3-8-5/h5,8H,1-4H2,(H2,7,9)/t5-/m0/s1. The molecule has 3 N–H and O–H groups in total. The van der Waals surface area contributed by atoms with Crippen molar-refractivity contribution in [1.29, 1.82) is 0 Å². The van der Waals surface area contributed by atoms with Crippen molar-refractivity contribution in [2.75, 3.05) is 6.54 Å². The molecule has 0 saturated carbocycles. The lowest BCUT2D eigenvalue weighted by Crippen LogP contribution is -2.27. The Balaban J connectivity index is 2.19. The predicted octanol–water partition coefficient (Wildman–Crippen LogP) is -0.386. The maximum Gasteiger partial charge on any atom is 0.218 e. The number of carbonyl (C=O) groups excluding carboxylic acids is 1. The summed E-state index contributed by atoms with van der Waals surface area (Å²) >= 11 is 0. The van der Waals surface area contributed by atoms with Gasteiger partial charge in [-0.1, -0.05) is 0 Å². The molecule has 1 amide bonds. The van der Waals surface area contributed by atoms with E-state index in [1.54, 1.807) is 0 Å². The largest absolute Gasteiger partial charge is 0.370 e. The predicted molar refractivity (Wildman–Crippen MR) is 34.8 cm³/mol. The van der Waals surface area contributed by atoms with E-state index in [1.807, 2.05) is 0 Å². The molecule has 1 saturated heterocycles. The highest BCUT2D eigenvalue weighted by Gasteiger charge is 2.15. The van der Waals surface area contributed by atoms with Crippen LogP contribution >= 0.6 is 0 Å². The molecule has 1 rings (SSSR count). The number of rotatable bonds is 2. The smallest absolute Gasteiger partial charge is 0.218 e. The third-order valence-corrected chi connectivity index (χ3v) is 1.61. The molecule has 1 atom stereocenters. The van der Waals surface area contributed by atoms with Gasteiger partial charge < -0.3 is 11.1 Å². The molecule has 0 aromatic heterocycles. The van der Waals surface area contributed by atoms with E-state index in [0.717, 1.165) is 13.0 Å². The van der Waals surface area contributed by atoms with Gasteiger partial charge in [-0.05, 0) is 19.4 Å². The Morgan fingerprint density at radius 3 is 3.00 bits per heavy atom. The summed E-state index contributed by atoms with van der Waals surface area (Å²) in [5, 5.41) is 3.19. The lowest BCUT2D eigenvalue weighted by Gasteiger charge is -2.04. The Hall–Kier alpha value is -0.570. The van der Waals surface area contributed by atoms with Crippen molar-refractivity contribution in [2.45, 2.75) is 25.3 Å². The highest BCUT2D eigenvalue weighted by molar-refractivity contribution is 5.74. The van der Waals surface area contributed by atoms with Crippen LogP contribution in [-0.4, -0.2) is 18.5 Å². The number of hydrogen-bond acceptors (Lipinski definition) is 2. The zero-order chi connectivity index (χ0) is 6.69. The van der Waals surface area contributed by atoms with Gasteiger partial charge in [0.15, 0.2) is 0 Å². The van der Waals surface area contributed by atoms with Gasteiger partial charge in [0.05, 0.1) is 0 Å². The number of hydrogen-bond donors (Lipinski definition) is 2. The third kappa shape index (κ3) is 2.01. The molecular formula is C6H12N2O. The lowest BCUT2D eigenvalue weighted by atomic mass is 10.1. The van der Waals surface area contributed by atoms with Crippen molar-refractivity contribution in [1.82, 2.24) is 5.32 Å². The normalized spacial score (nSPS) is 26.4. The van der Waals surface area contributed by atoms with E-state index in [9.17, 15) is 4.79 Å². The first kappa shape index (κ1) is 6.55. The Labute approximate surface area is 54.6 Å². The molecule has 0 radical (unpaired) electrons. The summed E-state index contributed by atoms with van der Waals surface area (Å²) in [7, 11) is 0. The number of primary amides is 1. The van der Waals surface area contributed by atoms with Crippen LogP contribution in [0.15, 0.2) is 0 Å². The maximum atomic E-state index is 10.3. The molecule has 0 bridgehead atoms. The SMILES string of the molecule is NC(=O)C[C@@H]1CCCN1. The third-order valence-electron chi connectivity index (χ3n) is 1.61. The van der Waals surface area contributed by atoms with Gasteiger partial charge in [0.1, 0.15) is 0 Å². The van der Waals surface area contributed by atoms with Crippen molar-refractivity contribution in [3.05, 3.63) is 0 Å². The topological polar surface area (TPSA) is 55.1 Å². The molecule has 0 aliphatic carbocycles. The van der Waals surface area contributed by atoms with Crippen LogP contribution in [0.25, 0.3) is 0 Å². The Morgan fingerprint density at radius 1 is 1.78 bits per heavy atom. The fraction of sp³-hybridized carbons (Fsp3) is 0.833. The second kappa shape index (κ2) is 2.82. The molecular weight excluding hydrogens is 116 g/mol. The van der Waals surface area contributed by atoms with Crippen LogP contribution in [0.3, 0.4) is 0 Å². The van der Waals surface area contributed by atoms with Crippen molar-refractivity contribution in [2.24, 2.45) is 5.73 Å². The van der Waals surface area contributed by atoms with Gasteiger partial charge in [0.2, 0.25) is 5.91 Å². The molecule has 0 aromatic carbocycles. The number of nitrogens with one attached hydrogen (secondary N) is 1. The maximum absolute atomic E-state index is 10.3. The van der Waals surface area contributed by atoms with Gasteiger partial charge >= 0.3 is 0 Å². The van der Waals surface area contributed by atoms with Gasteiger partial charge in [-0.25, -0.2) is 0 Å². The molecule has 9 heavy (non-hydrogen) atoms. The Kier molecular flexibility index (Phi) is 2.05. The summed E-state index contributed by atoms with van der Waals surface area (Å²) in [6, 6.07) is 0.363. The summed E-state index contributed by atoms with van der Waals surface area (Å²) in [5.41, 5.74) is 4.99. The van der Waals surface area contributed by atoms with Crippen LogP contribution in [0.4, 0.5) is 0 Å². The molecule has 1 aliphatic heterocycles. The molecule has 1 aliphatic rings. The van der Waals surface area contributed by atoms with E-state index in [-0.39, 0.29) is 5.91 Å². The molecule has 0 aromatic rings. The molecule has 1 heterocycles. The molecule has 0 spiro atoms. The van der Waals surface area contributed by atoms with E-state index in [1.165, 1.54) is 6.42 Å². The van der Waals surface area contributed by atoms with Crippen LogP contribution in [0.5, 0.6) is 0 Å². The van der Waals surface area contributed by atoms with Gasteiger partial charge in [0, 0.05) is 12.5 Å². The van der Waals surface area contributed by atoms with E-state index in [2.05, 4.69) is 5.32 Å². The van der Waals surface area contributed by atoms with Crippen molar-refractivity contribution < 1.29 is 4.79 Å². The molecule has 3 nitrogen and oxygen atoms in total. The molecule has 3 heteroatoms. The fourth-order valence-corrected chi connectivity index (χ4v) is 1.17. The second-order valence-electron chi connectivity index (χ2n) is 2.46. The van der Waals surface area contributed by atoms with Gasteiger partial charge in [-0.2, -0.15) is 0 Å². The monoisotopic (exact) mass is 128 g/mol. The first-order chi connectivity index (χ1) is 4.29. The van der Waals surface area contributed by atoms with E-state index < -0.39 is 0 Å². The van der Waals surface area contributed by atoms with Crippen molar-refractivity contribution in [3.63, 3.8) is 0 Å². The first-order valence-electron chi connectivity index (χ1n) is 3.31. The van der Waals surface area contributed by atoms with Crippen molar-refractivity contribution in [3.8, 4) is 0 Å². The zero-order valence-electron chi connectivity index (χ0n) is 5.39. The summed E-state index contributed by atoms with van der Waals surface area (Å²) in [6.45, 7) is 1.04. The van der Waals surface area contributed by atoms with Crippen LogP contribution in [0, 0.1) is 0 Å². The van der Waals surface area contributed by atoms with Crippen molar-refractivity contribution >= 4 is 5.91 Å². The highest BCUT2D eigenvalue weighted by atomic mass is 16.1. The quantitative estimate of drug-likeness (QED) is 0.532. The number of amides is 1. The lowest BCUT2D eigenvalue weighted by molar-refractivity contribution is -0.118. The van der Waals surface area contributed by atoms with E-state index in [0.29, 0.717) is 12.5 Å². The number of carbonyl (C=O) groups is 1. The minimum Gasteiger partial charge on any atom is -0.370 e. The fourth-order valence-electron chi connectivity index (χ4n) is 1.17. The minimum atomic E-state index is -0.200. The summed E-state index contributed by atoms with van der Waals surface area (Å²) in [5.74, 6) is -0.200. The average Bonchev–Trinajstić information content (AvgIpc) is 2.15. The Morgan fingerprint density at radius 2 is 2.56 bits per heavy atom. The highest BCUT2D eigenvalue weighted by Crippen LogP contribution is 2.07. The molecule has 52 valence electrons. The van der Waals surface area contributed by atoms with E-state index >= 15 is 0 Å². The van der Waals surface area contributed by atoms with Crippen LogP contribution in [0.2, 0.25) is 0 Å². The van der Waals surface area contributed by atoms with Gasteiger partial charge in [-0.15, -0.1) is 0 Å². The second-order valence-corrected chi connectivity index (χ2v) is 2.46. The van der Waals surface area contributed by atoms with Gasteiger partial charge in [0.25, 0.3) is 0 Å². The minimum absolute atomic E-state index is 0.200. The zero-order valence-corrected chi connectivity index (χ0v) is 5.39.